The molecular formula is C18H23ClN2O2. The summed E-state index contributed by atoms with van der Waals surface area (Å²) in [4.78, 5) is 14.0. The van der Waals surface area contributed by atoms with E-state index in [1.807, 2.05) is 43.3 Å². The number of amides is 1. The minimum absolute atomic E-state index is 0. The van der Waals surface area contributed by atoms with E-state index in [2.05, 4.69) is 0 Å². The Hall–Kier alpha value is -2.20. The Bertz CT molecular complexity index is 646. The maximum absolute atomic E-state index is 12.3. The molecule has 0 saturated heterocycles. The Balaban J connectivity index is 0.00000264. The van der Waals surface area contributed by atoms with Gasteiger partial charge < -0.3 is 15.4 Å². The van der Waals surface area contributed by atoms with Crippen molar-refractivity contribution in [1.82, 2.24) is 4.90 Å². The molecule has 23 heavy (non-hydrogen) atoms. The van der Waals surface area contributed by atoms with Gasteiger partial charge in [0.15, 0.2) is 0 Å². The molecule has 0 atom stereocenters. The summed E-state index contributed by atoms with van der Waals surface area (Å²) in [6, 6.07) is 15.0. The average Bonchev–Trinajstić information content (AvgIpc) is 2.52. The van der Waals surface area contributed by atoms with Crippen molar-refractivity contribution in [3.8, 4) is 5.75 Å². The lowest BCUT2D eigenvalue weighted by atomic mass is 10.1. The molecular weight excluding hydrogens is 312 g/mol. The van der Waals surface area contributed by atoms with E-state index >= 15 is 0 Å². The van der Waals surface area contributed by atoms with Gasteiger partial charge in [-0.25, -0.2) is 0 Å². The van der Waals surface area contributed by atoms with Gasteiger partial charge in [-0.1, -0.05) is 30.3 Å². The summed E-state index contributed by atoms with van der Waals surface area (Å²) < 4.78 is 5.73. The fourth-order valence-corrected chi connectivity index (χ4v) is 2.20. The van der Waals surface area contributed by atoms with Crippen LogP contribution < -0.4 is 10.5 Å². The molecule has 2 rings (SSSR count). The van der Waals surface area contributed by atoms with E-state index in [0.717, 1.165) is 17.7 Å². The topological polar surface area (TPSA) is 55.6 Å². The van der Waals surface area contributed by atoms with Crippen LogP contribution in [0.5, 0.6) is 5.75 Å². The van der Waals surface area contributed by atoms with Gasteiger partial charge in [0.1, 0.15) is 5.75 Å². The molecule has 4 nitrogen and oxygen atoms in total. The smallest absolute Gasteiger partial charge is 0.255 e. The highest BCUT2D eigenvalue weighted by Gasteiger charge is 2.13. The molecule has 0 aromatic heterocycles. The highest BCUT2D eigenvalue weighted by Crippen LogP contribution is 2.16. The van der Waals surface area contributed by atoms with Gasteiger partial charge in [-0.05, 0) is 37.1 Å². The predicted molar refractivity (Wildman–Crippen MR) is 96.4 cm³/mol. The summed E-state index contributed by atoms with van der Waals surface area (Å²) in [6.45, 7) is 3.22. The number of para-hydroxylation sites is 2. The van der Waals surface area contributed by atoms with Crippen molar-refractivity contribution in [3.05, 3.63) is 59.7 Å². The summed E-state index contributed by atoms with van der Waals surface area (Å²) in [5.41, 5.74) is 8.01. The van der Waals surface area contributed by atoms with Crippen LogP contribution in [0, 0.1) is 6.92 Å². The molecule has 0 aliphatic heterocycles. The number of anilines is 1. The van der Waals surface area contributed by atoms with Crippen molar-refractivity contribution in [1.29, 1.82) is 0 Å². The highest BCUT2D eigenvalue weighted by molar-refractivity contribution is 5.98. The molecule has 0 bridgehead atoms. The lowest BCUT2D eigenvalue weighted by molar-refractivity contribution is 0.0789. The lowest BCUT2D eigenvalue weighted by Gasteiger charge is -2.18. The number of halogens is 1. The zero-order valence-electron chi connectivity index (χ0n) is 13.5. The molecule has 0 aliphatic carbocycles. The van der Waals surface area contributed by atoms with E-state index < -0.39 is 0 Å². The van der Waals surface area contributed by atoms with E-state index in [4.69, 9.17) is 10.5 Å². The number of hydrogen-bond acceptors (Lipinski definition) is 3. The Morgan fingerprint density at radius 3 is 2.48 bits per heavy atom. The zero-order valence-corrected chi connectivity index (χ0v) is 14.3. The van der Waals surface area contributed by atoms with E-state index in [0.29, 0.717) is 24.4 Å². The second-order valence-electron chi connectivity index (χ2n) is 5.28. The van der Waals surface area contributed by atoms with Crippen LogP contribution in [0.3, 0.4) is 0 Å². The number of aryl methyl sites for hydroxylation is 1. The minimum Gasteiger partial charge on any atom is -0.493 e. The number of carbonyl (C=O) groups is 1. The number of hydrogen-bond donors (Lipinski definition) is 1. The minimum atomic E-state index is -0.0611. The molecule has 0 saturated carbocycles. The second kappa shape index (κ2) is 9.06. The van der Waals surface area contributed by atoms with Gasteiger partial charge in [0.05, 0.1) is 12.2 Å². The van der Waals surface area contributed by atoms with E-state index in [-0.39, 0.29) is 18.3 Å². The number of nitrogens with two attached hydrogens (primary N) is 1. The van der Waals surface area contributed by atoms with Crippen LogP contribution in [0.15, 0.2) is 48.5 Å². The largest absolute Gasteiger partial charge is 0.493 e. The molecule has 0 aliphatic rings. The molecule has 0 spiro atoms. The number of nitrogens with zero attached hydrogens (tertiary/aromatic N) is 1. The quantitative estimate of drug-likeness (QED) is 0.649. The normalized spacial score (nSPS) is 9.83. The second-order valence-corrected chi connectivity index (χ2v) is 5.28. The average molecular weight is 335 g/mol. The summed E-state index contributed by atoms with van der Waals surface area (Å²) in [5.74, 6) is 0.831. The standard InChI is InChI=1S/C18H22N2O2.ClH/c1-14-8-3-6-11-17(14)22-13-7-12-20(2)18(21)15-9-4-5-10-16(15)19;/h3-6,8-11H,7,12-13,19H2,1-2H3;1H. The number of rotatable bonds is 6. The first-order valence-corrected chi connectivity index (χ1v) is 7.38. The molecule has 0 radical (unpaired) electrons. The SMILES string of the molecule is Cc1ccccc1OCCCN(C)C(=O)c1ccccc1N.Cl. The molecule has 2 N–H and O–H groups in total. The lowest BCUT2D eigenvalue weighted by Crippen LogP contribution is -2.29. The van der Waals surface area contributed by atoms with Crippen molar-refractivity contribution in [2.24, 2.45) is 0 Å². The fraction of sp³-hybridized carbons (Fsp3) is 0.278. The first-order valence-electron chi connectivity index (χ1n) is 7.38. The monoisotopic (exact) mass is 334 g/mol. The van der Waals surface area contributed by atoms with Gasteiger partial charge in [0, 0.05) is 19.3 Å². The third-order valence-electron chi connectivity index (χ3n) is 3.53. The van der Waals surface area contributed by atoms with Crippen molar-refractivity contribution in [2.75, 3.05) is 25.9 Å². The summed E-state index contributed by atoms with van der Waals surface area (Å²) in [6.07, 6.45) is 0.767. The van der Waals surface area contributed by atoms with Crippen LogP contribution in [0.1, 0.15) is 22.3 Å². The third kappa shape index (κ3) is 5.18. The molecule has 5 heteroatoms. The number of nitrogen functional groups attached to an aromatic ring is 1. The fourth-order valence-electron chi connectivity index (χ4n) is 2.20. The summed E-state index contributed by atoms with van der Waals surface area (Å²) in [7, 11) is 1.78. The van der Waals surface area contributed by atoms with Crippen molar-refractivity contribution < 1.29 is 9.53 Å². The number of ether oxygens (including phenoxy) is 1. The molecule has 0 fully saturated rings. The van der Waals surface area contributed by atoms with Crippen LogP contribution in [-0.4, -0.2) is 31.0 Å². The van der Waals surface area contributed by atoms with Crippen LogP contribution >= 0.6 is 12.4 Å². The maximum Gasteiger partial charge on any atom is 0.255 e. The Kier molecular flexibility index (Phi) is 7.42. The van der Waals surface area contributed by atoms with Crippen LogP contribution in [0.25, 0.3) is 0 Å². The number of benzene rings is 2. The van der Waals surface area contributed by atoms with Gasteiger partial charge in [-0.3, -0.25) is 4.79 Å². The molecule has 1 amide bonds. The third-order valence-corrected chi connectivity index (χ3v) is 3.53. The summed E-state index contributed by atoms with van der Waals surface area (Å²) in [5, 5.41) is 0. The number of carbonyl (C=O) groups excluding carboxylic acids is 1. The first kappa shape index (κ1) is 18.8. The Labute approximate surface area is 143 Å². The molecule has 0 unspecified atom stereocenters. The van der Waals surface area contributed by atoms with Gasteiger partial charge in [-0.15, -0.1) is 12.4 Å². The predicted octanol–water partition coefficient (Wildman–Crippen LogP) is 3.54. The molecule has 0 heterocycles. The molecule has 2 aromatic carbocycles. The first-order chi connectivity index (χ1) is 10.6. The van der Waals surface area contributed by atoms with Gasteiger partial charge >= 0.3 is 0 Å². The maximum atomic E-state index is 12.3. The van der Waals surface area contributed by atoms with Gasteiger partial charge in [0.2, 0.25) is 0 Å². The van der Waals surface area contributed by atoms with Crippen LogP contribution in [-0.2, 0) is 0 Å². The molecule has 124 valence electrons. The van der Waals surface area contributed by atoms with Crippen molar-refractivity contribution in [2.45, 2.75) is 13.3 Å². The van der Waals surface area contributed by atoms with Gasteiger partial charge in [0.25, 0.3) is 5.91 Å². The van der Waals surface area contributed by atoms with Crippen LogP contribution in [0.2, 0.25) is 0 Å². The molecule has 2 aromatic rings. The van der Waals surface area contributed by atoms with E-state index in [1.54, 1.807) is 24.1 Å². The van der Waals surface area contributed by atoms with Crippen LogP contribution in [0.4, 0.5) is 5.69 Å². The Morgan fingerprint density at radius 1 is 1.13 bits per heavy atom. The summed E-state index contributed by atoms with van der Waals surface area (Å²) >= 11 is 0. The highest BCUT2D eigenvalue weighted by atomic mass is 35.5. The zero-order chi connectivity index (χ0) is 15.9. The van der Waals surface area contributed by atoms with Crippen molar-refractivity contribution in [3.63, 3.8) is 0 Å². The Morgan fingerprint density at radius 2 is 1.78 bits per heavy atom. The van der Waals surface area contributed by atoms with Crippen molar-refractivity contribution >= 4 is 24.0 Å². The van der Waals surface area contributed by atoms with E-state index in [1.165, 1.54) is 0 Å². The van der Waals surface area contributed by atoms with E-state index in [9.17, 15) is 4.79 Å². The van der Waals surface area contributed by atoms with Gasteiger partial charge in [-0.2, -0.15) is 0 Å².